The Morgan fingerprint density at radius 1 is 1.04 bits per heavy atom. The quantitative estimate of drug-likeness (QED) is 0.610. The Labute approximate surface area is 150 Å². The third-order valence-corrected chi connectivity index (χ3v) is 6.45. The maximum absolute atomic E-state index is 2.70. The number of likely N-dealkylation sites (tertiary alicyclic amines) is 1. The lowest BCUT2D eigenvalue weighted by Crippen LogP contribution is -2.41. The number of rotatable bonds is 6. The lowest BCUT2D eigenvalue weighted by atomic mass is 9.80. The fraction of sp³-hybridized carbons (Fsp3) is 0.739. The highest BCUT2D eigenvalue weighted by atomic mass is 15.1. The summed E-state index contributed by atoms with van der Waals surface area (Å²) in [6.45, 7) is 20.4. The Hall–Kier alpha value is -0.820. The second-order valence-corrected chi connectivity index (χ2v) is 9.29. The molecule has 2 rings (SSSR count). The van der Waals surface area contributed by atoms with Crippen molar-refractivity contribution in [3.63, 3.8) is 0 Å². The Bertz CT molecular complexity index is 491. The predicted molar refractivity (Wildman–Crippen MR) is 107 cm³/mol. The van der Waals surface area contributed by atoms with Gasteiger partial charge in [0.1, 0.15) is 0 Å². The Morgan fingerprint density at radius 3 is 2.08 bits per heavy atom. The van der Waals surface area contributed by atoms with Crippen molar-refractivity contribution in [1.82, 2.24) is 4.90 Å². The molecular weight excluding hydrogens is 290 g/mol. The van der Waals surface area contributed by atoms with Gasteiger partial charge in [-0.3, -0.25) is 0 Å². The second-order valence-electron chi connectivity index (χ2n) is 9.29. The van der Waals surface area contributed by atoms with E-state index in [2.05, 4.69) is 77.6 Å². The molecule has 1 nitrogen and oxygen atoms in total. The van der Waals surface area contributed by atoms with Crippen molar-refractivity contribution >= 4 is 0 Å². The maximum atomic E-state index is 2.70. The molecular formula is C23H39N. The van der Waals surface area contributed by atoms with E-state index in [9.17, 15) is 0 Å². The van der Waals surface area contributed by atoms with Crippen LogP contribution in [0.15, 0.2) is 24.3 Å². The summed E-state index contributed by atoms with van der Waals surface area (Å²) < 4.78 is 0. The van der Waals surface area contributed by atoms with Crippen LogP contribution in [0.4, 0.5) is 0 Å². The van der Waals surface area contributed by atoms with Crippen molar-refractivity contribution in [3.8, 4) is 0 Å². The van der Waals surface area contributed by atoms with E-state index in [1.165, 1.54) is 43.6 Å². The molecule has 0 aliphatic carbocycles. The first-order valence-corrected chi connectivity index (χ1v) is 10.1. The van der Waals surface area contributed by atoms with Gasteiger partial charge in [-0.25, -0.2) is 0 Å². The summed E-state index contributed by atoms with van der Waals surface area (Å²) in [5, 5.41) is 0. The van der Waals surface area contributed by atoms with E-state index in [0.29, 0.717) is 11.8 Å². The molecule has 0 saturated carbocycles. The number of benzene rings is 1. The molecule has 1 aliphatic rings. The van der Waals surface area contributed by atoms with E-state index >= 15 is 0 Å². The third-order valence-electron chi connectivity index (χ3n) is 6.45. The SMILES string of the molecule is CCC(C)(C)c1ccc(C(C)C(C)CN2CC(C)CC(C)C2)cc1. The molecule has 1 aromatic carbocycles. The van der Waals surface area contributed by atoms with Gasteiger partial charge >= 0.3 is 0 Å². The Morgan fingerprint density at radius 2 is 1.58 bits per heavy atom. The minimum absolute atomic E-state index is 0.285. The maximum Gasteiger partial charge on any atom is 0.00130 e. The minimum atomic E-state index is 0.285. The molecule has 1 fully saturated rings. The smallest absolute Gasteiger partial charge is 0.00130 e. The van der Waals surface area contributed by atoms with Gasteiger partial charge in [-0.05, 0) is 53.1 Å². The first kappa shape index (κ1) is 19.5. The predicted octanol–water partition coefficient (Wildman–Crippen LogP) is 6.09. The van der Waals surface area contributed by atoms with Gasteiger partial charge in [0.15, 0.2) is 0 Å². The summed E-state index contributed by atoms with van der Waals surface area (Å²) in [6, 6.07) is 9.45. The zero-order valence-electron chi connectivity index (χ0n) is 17.1. The van der Waals surface area contributed by atoms with Crippen LogP contribution < -0.4 is 0 Å². The molecule has 0 aromatic heterocycles. The second kappa shape index (κ2) is 8.04. The third kappa shape index (κ3) is 4.85. The topological polar surface area (TPSA) is 3.24 Å². The van der Waals surface area contributed by atoms with Gasteiger partial charge in [0.2, 0.25) is 0 Å². The van der Waals surface area contributed by atoms with Gasteiger partial charge < -0.3 is 4.90 Å². The monoisotopic (exact) mass is 329 g/mol. The summed E-state index contributed by atoms with van der Waals surface area (Å²) in [5.41, 5.74) is 3.25. The number of hydrogen-bond acceptors (Lipinski definition) is 1. The Kier molecular flexibility index (Phi) is 6.53. The molecule has 4 atom stereocenters. The van der Waals surface area contributed by atoms with Gasteiger partial charge in [0.25, 0.3) is 0 Å². The average Bonchev–Trinajstić information content (AvgIpc) is 2.53. The standard InChI is InChI=1S/C23H39N/c1-8-23(6,7)22-11-9-21(10-12-22)20(5)19(4)16-24-14-17(2)13-18(3)15-24/h9-12,17-20H,8,13-16H2,1-7H3. The molecule has 1 aliphatic heterocycles. The van der Waals surface area contributed by atoms with Crippen LogP contribution in [0, 0.1) is 17.8 Å². The first-order chi connectivity index (χ1) is 11.2. The fourth-order valence-corrected chi connectivity index (χ4v) is 4.28. The molecule has 0 bridgehead atoms. The van der Waals surface area contributed by atoms with E-state index in [4.69, 9.17) is 0 Å². The molecule has 24 heavy (non-hydrogen) atoms. The van der Waals surface area contributed by atoms with Crippen LogP contribution in [-0.4, -0.2) is 24.5 Å². The van der Waals surface area contributed by atoms with Crippen LogP contribution in [0.3, 0.4) is 0 Å². The molecule has 0 spiro atoms. The fourth-order valence-electron chi connectivity index (χ4n) is 4.28. The zero-order chi connectivity index (χ0) is 17.9. The molecule has 1 saturated heterocycles. The zero-order valence-corrected chi connectivity index (χ0v) is 17.1. The molecule has 136 valence electrons. The van der Waals surface area contributed by atoms with Crippen LogP contribution in [0.1, 0.15) is 78.4 Å². The van der Waals surface area contributed by atoms with E-state index in [1.807, 2.05) is 0 Å². The van der Waals surface area contributed by atoms with Gasteiger partial charge in [-0.15, -0.1) is 0 Å². The van der Waals surface area contributed by atoms with Crippen molar-refractivity contribution in [3.05, 3.63) is 35.4 Å². The van der Waals surface area contributed by atoms with Crippen LogP contribution in [0.2, 0.25) is 0 Å². The van der Waals surface area contributed by atoms with Crippen molar-refractivity contribution < 1.29 is 0 Å². The summed E-state index contributed by atoms with van der Waals surface area (Å²) in [7, 11) is 0. The highest BCUT2D eigenvalue weighted by Gasteiger charge is 2.25. The number of hydrogen-bond donors (Lipinski definition) is 0. The molecule has 4 unspecified atom stereocenters. The molecule has 1 aromatic rings. The lowest BCUT2D eigenvalue weighted by molar-refractivity contribution is 0.120. The molecule has 1 heterocycles. The van der Waals surface area contributed by atoms with Crippen LogP contribution >= 0.6 is 0 Å². The van der Waals surface area contributed by atoms with Crippen molar-refractivity contribution in [2.45, 2.75) is 72.6 Å². The van der Waals surface area contributed by atoms with E-state index in [1.54, 1.807) is 0 Å². The van der Waals surface area contributed by atoms with E-state index < -0.39 is 0 Å². The van der Waals surface area contributed by atoms with Gasteiger partial charge in [-0.1, -0.05) is 72.7 Å². The molecule has 1 heteroatoms. The first-order valence-electron chi connectivity index (χ1n) is 10.1. The van der Waals surface area contributed by atoms with Crippen LogP contribution in [-0.2, 0) is 5.41 Å². The summed E-state index contributed by atoms with van der Waals surface area (Å²) in [5.74, 6) is 3.03. The van der Waals surface area contributed by atoms with Crippen molar-refractivity contribution in [1.29, 1.82) is 0 Å². The lowest BCUT2D eigenvalue weighted by Gasteiger charge is -2.37. The number of piperidine rings is 1. The largest absolute Gasteiger partial charge is 0.303 e. The average molecular weight is 330 g/mol. The summed E-state index contributed by atoms with van der Waals surface area (Å²) in [6.07, 6.45) is 2.58. The molecule has 0 amide bonds. The highest BCUT2D eigenvalue weighted by molar-refractivity contribution is 5.30. The normalized spacial score (nSPS) is 25.5. The van der Waals surface area contributed by atoms with E-state index in [-0.39, 0.29) is 5.41 Å². The number of nitrogens with zero attached hydrogens (tertiary/aromatic N) is 1. The summed E-state index contributed by atoms with van der Waals surface area (Å²) in [4.78, 5) is 2.70. The minimum Gasteiger partial charge on any atom is -0.303 e. The molecule has 0 N–H and O–H groups in total. The van der Waals surface area contributed by atoms with Gasteiger partial charge in [-0.2, -0.15) is 0 Å². The van der Waals surface area contributed by atoms with Crippen molar-refractivity contribution in [2.75, 3.05) is 19.6 Å². The van der Waals surface area contributed by atoms with Gasteiger partial charge in [0.05, 0.1) is 0 Å². The van der Waals surface area contributed by atoms with E-state index in [0.717, 1.165) is 11.8 Å². The van der Waals surface area contributed by atoms with Crippen LogP contribution in [0.25, 0.3) is 0 Å². The van der Waals surface area contributed by atoms with Crippen LogP contribution in [0.5, 0.6) is 0 Å². The highest BCUT2D eigenvalue weighted by Crippen LogP contribution is 2.31. The van der Waals surface area contributed by atoms with Gasteiger partial charge in [0, 0.05) is 19.6 Å². The molecule has 0 radical (unpaired) electrons. The van der Waals surface area contributed by atoms with Crippen molar-refractivity contribution in [2.24, 2.45) is 17.8 Å². The summed E-state index contributed by atoms with van der Waals surface area (Å²) >= 11 is 0. The Balaban J connectivity index is 1.98.